The number of hydrogen-bond donors (Lipinski definition) is 1. The third-order valence-corrected chi connectivity index (χ3v) is 5.23. The first kappa shape index (κ1) is 17.7. The molecule has 0 bridgehead atoms. The molecule has 1 N–H and O–H groups in total. The molecule has 0 aliphatic carbocycles. The third-order valence-electron chi connectivity index (χ3n) is 5.23. The second-order valence-corrected chi connectivity index (χ2v) is 7.02. The lowest BCUT2D eigenvalue weighted by Crippen LogP contribution is -2.61. The number of likely N-dealkylation sites (tertiary alicyclic amines) is 1. The van der Waals surface area contributed by atoms with Crippen LogP contribution in [-0.2, 0) is 9.59 Å². The summed E-state index contributed by atoms with van der Waals surface area (Å²) in [6.45, 7) is 6.80. The monoisotopic (exact) mass is 346 g/mol. The molecule has 0 saturated carbocycles. The standard InChI is InChI=1S/C18H26N4O3/c1-14-4-6-19-12-16(14)20-8-10-21(11-9-20)17(24)18(25)5-3-7-22(13-18)15(2)23/h4,6,12,25H,3,5,7-11,13H2,1-2H3/t18-/m0/s1. The summed E-state index contributed by atoms with van der Waals surface area (Å²) < 4.78 is 0. The molecule has 1 atom stereocenters. The number of carbonyl (C=O) groups is 2. The number of amides is 2. The van der Waals surface area contributed by atoms with Gasteiger partial charge in [0, 0.05) is 45.8 Å². The zero-order chi connectivity index (χ0) is 18.0. The fourth-order valence-corrected chi connectivity index (χ4v) is 3.71. The Morgan fingerprint density at radius 2 is 1.88 bits per heavy atom. The van der Waals surface area contributed by atoms with Gasteiger partial charge in [-0.25, -0.2) is 0 Å². The number of pyridine rings is 1. The summed E-state index contributed by atoms with van der Waals surface area (Å²) >= 11 is 0. The fourth-order valence-electron chi connectivity index (χ4n) is 3.71. The third kappa shape index (κ3) is 3.61. The number of rotatable bonds is 2. The van der Waals surface area contributed by atoms with E-state index < -0.39 is 5.60 Å². The van der Waals surface area contributed by atoms with Crippen molar-refractivity contribution in [2.45, 2.75) is 32.3 Å². The molecule has 0 radical (unpaired) electrons. The molecule has 2 fully saturated rings. The Hall–Kier alpha value is -2.15. The Labute approximate surface area is 148 Å². The molecule has 2 aliphatic rings. The van der Waals surface area contributed by atoms with Crippen LogP contribution in [-0.4, -0.2) is 76.6 Å². The van der Waals surface area contributed by atoms with Crippen LogP contribution < -0.4 is 4.90 Å². The van der Waals surface area contributed by atoms with E-state index >= 15 is 0 Å². The van der Waals surface area contributed by atoms with Gasteiger partial charge in [-0.3, -0.25) is 14.6 Å². The Morgan fingerprint density at radius 3 is 2.52 bits per heavy atom. The van der Waals surface area contributed by atoms with Gasteiger partial charge >= 0.3 is 0 Å². The van der Waals surface area contributed by atoms with E-state index in [4.69, 9.17) is 0 Å². The fraction of sp³-hybridized carbons (Fsp3) is 0.611. The van der Waals surface area contributed by atoms with Crippen molar-refractivity contribution in [2.24, 2.45) is 0 Å². The number of aliphatic hydroxyl groups is 1. The SMILES string of the molecule is CC(=O)N1CCC[C@@](O)(C(=O)N2CCN(c3cnccc3C)CC2)C1. The van der Waals surface area contributed by atoms with E-state index in [9.17, 15) is 14.7 Å². The van der Waals surface area contributed by atoms with Crippen molar-refractivity contribution in [1.29, 1.82) is 0 Å². The molecule has 7 heteroatoms. The highest BCUT2D eigenvalue weighted by Crippen LogP contribution is 2.25. The van der Waals surface area contributed by atoms with Crippen LogP contribution in [0.3, 0.4) is 0 Å². The topological polar surface area (TPSA) is 77.0 Å². The summed E-state index contributed by atoms with van der Waals surface area (Å²) in [6.07, 6.45) is 4.69. The molecule has 136 valence electrons. The maximum Gasteiger partial charge on any atom is 0.256 e. The number of hydrogen-bond acceptors (Lipinski definition) is 5. The van der Waals surface area contributed by atoms with Gasteiger partial charge in [0.25, 0.3) is 5.91 Å². The van der Waals surface area contributed by atoms with Crippen molar-refractivity contribution in [3.63, 3.8) is 0 Å². The van der Waals surface area contributed by atoms with Crippen LogP contribution in [0.15, 0.2) is 18.5 Å². The quantitative estimate of drug-likeness (QED) is 0.839. The highest BCUT2D eigenvalue weighted by Gasteiger charge is 2.44. The minimum atomic E-state index is -1.45. The Kier molecular flexibility index (Phi) is 4.94. The minimum Gasteiger partial charge on any atom is -0.378 e. The predicted molar refractivity (Wildman–Crippen MR) is 94.2 cm³/mol. The predicted octanol–water partition coefficient (Wildman–Crippen LogP) is 0.412. The van der Waals surface area contributed by atoms with Crippen molar-refractivity contribution < 1.29 is 14.7 Å². The highest BCUT2D eigenvalue weighted by atomic mass is 16.3. The Morgan fingerprint density at radius 1 is 1.16 bits per heavy atom. The van der Waals surface area contributed by atoms with Crippen molar-refractivity contribution in [2.75, 3.05) is 44.2 Å². The number of β-amino-alcohol motifs (C(OH)–C–C–N with tert-alkyl or cyclic N) is 1. The van der Waals surface area contributed by atoms with E-state index in [1.807, 2.05) is 12.3 Å². The summed E-state index contributed by atoms with van der Waals surface area (Å²) in [6, 6.07) is 1.98. The average Bonchev–Trinajstić information content (AvgIpc) is 2.62. The van der Waals surface area contributed by atoms with Crippen LogP contribution in [0.25, 0.3) is 0 Å². The van der Waals surface area contributed by atoms with E-state index in [2.05, 4.69) is 16.8 Å². The summed E-state index contributed by atoms with van der Waals surface area (Å²) in [5, 5.41) is 10.8. The summed E-state index contributed by atoms with van der Waals surface area (Å²) in [4.78, 5) is 34.2. The molecule has 3 rings (SSSR count). The van der Waals surface area contributed by atoms with Crippen LogP contribution in [0.5, 0.6) is 0 Å². The van der Waals surface area contributed by atoms with Gasteiger partial charge in [-0.2, -0.15) is 0 Å². The van der Waals surface area contributed by atoms with Crippen LogP contribution in [0, 0.1) is 6.92 Å². The van der Waals surface area contributed by atoms with Crippen molar-refractivity contribution >= 4 is 17.5 Å². The van der Waals surface area contributed by atoms with E-state index in [0.29, 0.717) is 45.6 Å². The Balaban J connectivity index is 1.63. The second-order valence-electron chi connectivity index (χ2n) is 7.02. The Bertz CT molecular complexity index is 657. The van der Waals surface area contributed by atoms with Crippen LogP contribution in [0.2, 0.25) is 0 Å². The molecular weight excluding hydrogens is 320 g/mol. The first-order valence-electron chi connectivity index (χ1n) is 8.83. The lowest BCUT2D eigenvalue weighted by Gasteiger charge is -2.43. The molecule has 3 heterocycles. The number of piperazine rings is 1. The van der Waals surface area contributed by atoms with E-state index in [1.54, 1.807) is 16.0 Å². The maximum atomic E-state index is 12.9. The lowest BCUT2D eigenvalue weighted by atomic mass is 9.91. The van der Waals surface area contributed by atoms with E-state index in [1.165, 1.54) is 6.92 Å². The molecule has 7 nitrogen and oxygen atoms in total. The van der Waals surface area contributed by atoms with Crippen molar-refractivity contribution in [1.82, 2.24) is 14.8 Å². The van der Waals surface area contributed by atoms with Crippen LogP contribution in [0.1, 0.15) is 25.3 Å². The first-order valence-corrected chi connectivity index (χ1v) is 8.83. The number of anilines is 1. The van der Waals surface area contributed by atoms with Gasteiger partial charge in [0.2, 0.25) is 5.91 Å². The van der Waals surface area contributed by atoms with E-state index in [-0.39, 0.29) is 18.4 Å². The van der Waals surface area contributed by atoms with Gasteiger partial charge in [0.15, 0.2) is 5.60 Å². The van der Waals surface area contributed by atoms with Gasteiger partial charge < -0.3 is 19.8 Å². The van der Waals surface area contributed by atoms with Gasteiger partial charge in [0.05, 0.1) is 18.4 Å². The molecule has 0 unspecified atom stereocenters. The van der Waals surface area contributed by atoms with Gasteiger partial charge in [-0.1, -0.05) is 0 Å². The molecule has 0 spiro atoms. The molecule has 2 saturated heterocycles. The number of nitrogens with zero attached hydrogens (tertiary/aromatic N) is 4. The minimum absolute atomic E-state index is 0.0946. The smallest absolute Gasteiger partial charge is 0.256 e. The van der Waals surface area contributed by atoms with Crippen LogP contribution >= 0.6 is 0 Å². The zero-order valence-electron chi connectivity index (χ0n) is 14.9. The zero-order valence-corrected chi connectivity index (χ0v) is 14.9. The summed E-state index contributed by atoms with van der Waals surface area (Å²) in [5.74, 6) is -0.344. The van der Waals surface area contributed by atoms with Gasteiger partial charge in [-0.05, 0) is 31.4 Å². The number of piperidine rings is 1. The van der Waals surface area contributed by atoms with Crippen molar-refractivity contribution in [3.8, 4) is 0 Å². The maximum absolute atomic E-state index is 12.9. The molecule has 1 aromatic heterocycles. The number of aromatic nitrogens is 1. The molecule has 2 aliphatic heterocycles. The molecule has 2 amide bonds. The molecule has 0 aromatic carbocycles. The van der Waals surface area contributed by atoms with Gasteiger partial charge in [-0.15, -0.1) is 0 Å². The largest absolute Gasteiger partial charge is 0.378 e. The molecule has 25 heavy (non-hydrogen) atoms. The van der Waals surface area contributed by atoms with Gasteiger partial charge in [0.1, 0.15) is 0 Å². The second kappa shape index (κ2) is 7.00. The lowest BCUT2D eigenvalue weighted by molar-refractivity contribution is -0.160. The molecule has 1 aromatic rings. The first-order chi connectivity index (χ1) is 11.9. The normalized spacial score (nSPS) is 24.4. The average molecular weight is 346 g/mol. The van der Waals surface area contributed by atoms with E-state index in [0.717, 1.165) is 11.3 Å². The van der Waals surface area contributed by atoms with Crippen molar-refractivity contribution in [3.05, 3.63) is 24.0 Å². The summed E-state index contributed by atoms with van der Waals surface area (Å²) in [5.41, 5.74) is 0.808. The number of aryl methyl sites for hydroxylation is 1. The summed E-state index contributed by atoms with van der Waals surface area (Å²) in [7, 11) is 0. The number of carbonyl (C=O) groups excluding carboxylic acids is 2. The van der Waals surface area contributed by atoms with Crippen LogP contribution in [0.4, 0.5) is 5.69 Å². The molecular formula is C18H26N4O3. The highest BCUT2D eigenvalue weighted by molar-refractivity contribution is 5.86.